The number of aliphatic imine (C=N–C) groups is 1. The molecule has 2 atom stereocenters. The number of rotatable bonds is 4. The summed E-state index contributed by atoms with van der Waals surface area (Å²) in [6, 6.07) is 9.54. The first kappa shape index (κ1) is 18.2. The zero-order valence-electron chi connectivity index (χ0n) is 15.4. The van der Waals surface area contributed by atoms with Crippen molar-refractivity contribution in [2.75, 3.05) is 26.7 Å². The zero-order chi connectivity index (χ0) is 18.8. The number of ether oxygens (including phenoxy) is 2. The van der Waals surface area contributed by atoms with Crippen LogP contribution in [0.5, 0.6) is 0 Å². The molecule has 1 aromatic rings. The third-order valence-electron chi connectivity index (χ3n) is 5.06. The fourth-order valence-electron chi connectivity index (χ4n) is 3.55. The molecule has 2 heterocycles. The van der Waals surface area contributed by atoms with Crippen LogP contribution >= 0.6 is 0 Å². The van der Waals surface area contributed by atoms with Crippen molar-refractivity contribution in [1.82, 2.24) is 10.2 Å². The van der Waals surface area contributed by atoms with Gasteiger partial charge in [-0.3, -0.25) is 9.79 Å². The highest BCUT2D eigenvalue weighted by Crippen LogP contribution is 2.33. The Morgan fingerprint density at radius 3 is 2.69 bits per heavy atom. The monoisotopic (exact) mass is 359 g/mol. The van der Waals surface area contributed by atoms with Crippen LogP contribution in [0.3, 0.4) is 0 Å². The molecule has 2 aliphatic heterocycles. The average molecular weight is 359 g/mol. The van der Waals surface area contributed by atoms with Gasteiger partial charge in [0.15, 0.2) is 0 Å². The van der Waals surface area contributed by atoms with Gasteiger partial charge in [-0.25, -0.2) is 4.79 Å². The van der Waals surface area contributed by atoms with Gasteiger partial charge in [0.2, 0.25) is 0 Å². The van der Waals surface area contributed by atoms with E-state index in [1.54, 1.807) is 0 Å². The smallest absolute Gasteiger partial charge is 0.408 e. The highest BCUT2D eigenvalue weighted by molar-refractivity contribution is 5.97. The second-order valence-electron chi connectivity index (χ2n) is 7.38. The van der Waals surface area contributed by atoms with Crippen molar-refractivity contribution < 1.29 is 19.1 Å². The first-order chi connectivity index (χ1) is 12.4. The van der Waals surface area contributed by atoms with Crippen LogP contribution in [-0.4, -0.2) is 55.1 Å². The molecule has 2 aliphatic rings. The highest BCUT2D eigenvalue weighted by Gasteiger charge is 2.49. The van der Waals surface area contributed by atoms with Crippen LogP contribution < -0.4 is 5.32 Å². The summed E-state index contributed by atoms with van der Waals surface area (Å²) in [6.45, 7) is 5.63. The number of carbonyl (C=O) groups excluding carboxylic acids is 2. The van der Waals surface area contributed by atoms with Crippen LogP contribution in [0.1, 0.15) is 25.8 Å². The van der Waals surface area contributed by atoms with E-state index in [0.29, 0.717) is 19.5 Å². The Morgan fingerprint density at radius 1 is 1.27 bits per heavy atom. The van der Waals surface area contributed by atoms with E-state index < -0.39 is 17.0 Å². The molecule has 7 heteroatoms. The lowest BCUT2D eigenvalue weighted by Crippen LogP contribution is -2.56. The highest BCUT2D eigenvalue weighted by atomic mass is 16.5. The minimum Gasteiger partial charge on any atom is -0.468 e. The Kier molecular flexibility index (Phi) is 4.89. The molecule has 0 bridgehead atoms. The number of fused-ring (bicyclic) bond motifs is 1. The number of alkyl carbamates (subject to hydrolysis) is 1. The molecule has 1 aromatic carbocycles. The van der Waals surface area contributed by atoms with Crippen molar-refractivity contribution in [3.8, 4) is 0 Å². The maximum absolute atomic E-state index is 12.3. The fraction of sp³-hybridized carbons (Fsp3) is 0.526. The number of carbonyl (C=O) groups is 2. The van der Waals surface area contributed by atoms with Gasteiger partial charge in [-0.2, -0.15) is 0 Å². The lowest BCUT2D eigenvalue weighted by Gasteiger charge is -2.38. The minimum absolute atomic E-state index is 0.222. The average Bonchev–Trinajstić information content (AvgIpc) is 2.95. The summed E-state index contributed by atoms with van der Waals surface area (Å²) in [7, 11) is 1.39. The first-order valence-electron chi connectivity index (χ1n) is 8.73. The molecule has 1 N–H and O–H groups in total. The Morgan fingerprint density at radius 2 is 2.00 bits per heavy atom. The molecule has 0 spiro atoms. The maximum Gasteiger partial charge on any atom is 0.408 e. The molecule has 140 valence electrons. The minimum atomic E-state index is -0.655. The van der Waals surface area contributed by atoms with Crippen LogP contribution in [0.25, 0.3) is 0 Å². The predicted octanol–water partition coefficient (Wildman–Crippen LogP) is 1.97. The lowest BCUT2D eigenvalue weighted by molar-refractivity contribution is -0.152. The molecule has 0 unspecified atom stereocenters. The number of hydrogen-bond donors (Lipinski definition) is 1. The number of esters is 1. The predicted molar refractivity (Wildman–Crippen MR) is 96.8 cm³/mol. The van der Waals surface area contributed by atoms with Crippen molar-refractivity contribution in [2.45, 2.75) is 32.4 Å². The van der Waals surface area contributed by atoms with E-state index in [1.165, 1.54) is 7.11 Å². The van der Waals surface area contributed by atoms with Crippen molar-refractivity contribution in [3.63, 3.8) is 0 Å². The number of nitrogens with zero attached hydrogens (tertiary/aromatic N) is 2. The van der Waals surface area contributed by atoms with Crippen molar-refractivity contribution in [1.29, 1.82) is 0 Å². The van der Waals surface area contributed by atoms with E-state index in [4.69, 9.17) is 9.47 Å². The lowest BCUT2D eigenvalue weighted by atomic mass is 9.88. The van der Waals surface area contributed by atoms with Gasteiger partial charge in [-0.15, -0.1) is 0 Å². The number of hydrogen-bond acceptors (Lipinski definition) is 6. The molecular formula is C19H25N3O4. The van der Waals surface area contributed by atoms with Gasteiger partial charge in [-0.1, -0.05) is 30.3 Å². The largest absolute Gasteiger partial charge is 0.468 e. The van der Waals surface area contributed by atoms with E-state index in [0.717, 1.165) is 17.9 Å². The summed E-state index contributed by atoms with van der Waals surface area (Å²) in [5.41, 5.74) is -0.313. The summed E-state index contributed by atoms with van der Waals surface area (Å²) in [4.78, 5) is 30.9. The SMILES string of the molecule is COC(=O)[C@]1(C)CN=C2N(CC[C@@]2(C)NC(=O)OCc2ccccc2)C1. The van der Waals surface area contributed by atoms with E-state index >= 15 is 0 Å². The van der Waals surface area contributed by atoms with E-state index in [-0.39, 0.29) is 12.6 Å². The molecule has 0 aliphatic carbocycles. The molecule has 0 aromatic heterocycles. The van der Waals surface area contributed by atoms with Gasteiger partial charge in [0, 0.05) is 13.1 Å². The molecule has 1 saturated heterocycles. The zero-order valence-corrected chi connectivity index (χ0v) is 15.4. The molecule has 1 fully saturated rings. The molecule has 0 saturated carbocycles. The van der Waals surface area contributed by atoms with E-state index in [1.807, 2.05) is 44.2 Å². The molecule has 7 nitrogen and oxygen atoms in total. The van der Waals surface area contributed by atoms with Gasteiger partial charge < -0.3 is 19.7 Å². The summed E-state index contributed by atoms with van der Waals surface area (Å²) >= 11 is 0. The number of methoxy groups -OCH3 is 1. The van der Waals surface area contributed by atoms with Gasteiger partial charge in [0.1, 0.15) is 17.9 Å². The van der Waals surface area contributed by atoms with Crippen LogP contribution in [-0.2, 0) is 20.9 Å². The standard InChI is InChI=1S/C19H25N3O4/c1-18(16(23)25-3)12-20-15-19(2,9-10-22(15)13-18)21-17(24)26-11-14-7-5-4-6-8-14/h4-8H,9-13H2,1-3H3,(H,21,24)/t18-,19-/m1/s1. The second-order valence-corrected chi connectivity index (χ2v) is 7.38. The third-order valence-corrected chi connectivity index (χ3v) is 5.06. The Labute approximate surface area is 153 Å². The van der Waals surface area contributed by atoms with Crippen LogP contribution in [0.2, 0.25) is 0 Å². The molecule has 0 radical (unpaired) electrons. The normalized spacial score (nSPS) is 27.3. The second kappa shape index (κ2) is 6.97. The van der Waals surface area contributed by atoms with Crippen molar-refractivity contribution >= 4 is 17.9 Å². The summed E-state index contributed by atoms with van der Waals surface area (Å²) < 4.78 is 10.2. The summed E-state index contributed by atoms with van der Waals surface area (Å²) in [5.74, 6) is 0.541. The first-order valence-corrected chi connectivity index (χ1v) is 8.73. The Bertz CT molecular complexity index is 721. The Hall–Kier alpha value is -2.57. The molecular weight excluding hydrogens is 334 g/mol. The van der Waals surface area contributed by atoms with Crippen LogP contribution in [0.15, 0.2) is 35.3 Å². The van der Waals surface area contributed by atoms with Crippen LogP contribution in [0.4, 0.5) is 4.79 Å². The fourth-order valence-corrected chi connectivity index (χ4v) is 3.55. The molecule has 3 rings (SSSR count). The van der Waals surface area contributed by atoms with Crippen molar-refractivity contribution in [3.05, 3.63) is 35.9 Å². The van der Waals surface area contributed by atoms with E-state index in [2.05, 4.69) is 15.2 Å². The number of benzene rings is 1. The Balaban J connectivity index is 1.63. The summed E-state index contributed by atoms with van der Waals surface area (Å²) in [6.07, 6.45) is 0.242. The molecule has 1 amide bonds. The number of amidine groups is 1. The van der Waals surface area contributed by atoms with Crippen LogP contribution in [0, 0.1) is 5.41 Å². The van der Waals surface area contributed by atoms with Gasteiger partial charge >= 0.3 is 12.1 Å². The number of amides is 1. The van der Waals surface area contributed by atoms with Crippen molar-refractivity contribution in [2.24, 2.45) is 10.4 Å². The van der Waals surface area contributed by atoms with Gasteiger partial charge in [-0.05, 0) is 25.8 Å². The third kappa shape index (κ3) is 3.52. The maximum atomic E-state index is 12.3. The summed E-state index contributed by atoms with van der Waals surface area (Å²) in [5, 5.41) is 2.95. The van der Waals surface area contributed by atoms with Gasteiger partial charge in [0.05, 0.1) is 19.2 Å². The topological polar surface area (TPSA) is 80.2 Å². The van der Waals surface area contributed by atoms with E-state index in [9.17, 15) is 9.59 Å². The molecule has 26 heavy (non-hydrogen) atoms. The number of nitrogens with one attached hydrogen (secondary N) is 1. The van der Waals surface area contributed by atoms with Gasteiger partial charge in [0.25, 0.3) is 0 Å². The quantitative estimate of drug-likeness (QED) is 0.832.